The van der Waals surface area contributed by atoms with E-state index in [0.717, 1.165) is 6.42 Å². The summed E-state index contributed by atoms with van der Waals surface area (Å²) in [5, 5.41) is -0.907. The summed E-state index contributed by atoms with van der Waals surface area (Å²) in [5.74, 6) is 0. The lowest BCUT2D eigenvalue weighted by molar-refractivity contribution is 0.193. The van der Waals surface area contributed by atoms with Crippen LogP contribution in [0.15, 0.2) is 11.6 Å². The third-order valence-electron chi connectivity index (χ3n) is 3.19. The molecular weight excluding hydrogens is 350 g/mol. The van der Waals surface area contributed by atoms with Gasteiger partial charge in [-0.3, -0.25) is 9.13 Å². The molecule has 0 rings (SSSR count). The molecule has 0 saturated heterocycles. The predicted octanol–water partition coefficient (Wildman–Crippen LogP) is 5.98. The average molecular weight is 384 g/mol. The zero-order valence-electron chi connectivity index (χ0n) is 15.9. The van der Waals surface area contributed by atoms with E-state index in [2.05, 4.69) is 6.08 Å². The van der Waals surface area contributed by atoms with E-state index in [1.165, 1.54) is 5.57 Å². The van der Waals surface area contributed by atoms with Crippen LogP contribution in [0.1, 0.15) is 60.8 Å². The first-order chi connectivity index (χ1) is 11.3. The van der Waals surface area contributed by atoms with Crippen molar-refractivity contribution in [3.8, 4) is 0 Å². The zero-order valence-corrected chi connectivity index (χ0v) is 17.7. The molecule has 0 N–H and O–H groups in total. The van der Waals surface area contributed by atoms with E-state index in [4.69, 9.17) is 18.1 Å². The molecule has 0 aromatic carbocycles. The summed E-state index contributed by atoms with van der Waals surface area (Å²) in [7, 11) is -7.22. The summed E-state index contributed by atoms with van der Waals surface area (Å²) in [6.07, 6.45) is 3.98. The van der Waals surface area contributed by atoms with Gasteiger partial charge in [0.15, 0.2) is 5.40 Å². The van der Waals surface area contributed by atoms with E-state index < -0.39 is 20.6 Å². The lowest BCUT2D eigenvalue weighted by atomic mass is 10.2. The van der Waals surface area contributed by atoms with Crippen molar-refractivity contribution in [3.05, 3.63) is 11.6 Å². The molecule has 0 spiro atoms. The standard InChI is InChI=1S/C16H34O6P2/c1-7-19-23(17,20-8-2)16(14-12-11-13-15(5)6)24(18,21-9-3)22-10-4/h13,16H,7-12,14H2,1-6H3. The third-order valence-corrected chi connectivity index (χ3v) is 9.33. The second-order valence-corrected chi connectivity index (χ2v) is 10.3. The number of hydrogen-bond acceptors (Lipinski definition) is 6. The van der Waals surface area contributed by atoms with Gasteiger partial charge in [-0.15, -0.1) is 0 Å². The molecule has 0 fully saturated rings. The van der Waals surface area contributed by atoms with Gasteiger partial charge in [-0.1, -0.05) is 11.6 Å². The molecule has 0 aromatic heterocycles. The van der Waals surface area contributed by atoms with Crippen molar-refractivity contribution in [1.29, 1.82) is 0 Å². The minimum absolute atomic E-state index is 0.208. The first kappa shape index (κ1) is 24.0. The number of allylic oxidation sites excluding steroid dienone is 2. The van der Waals surface area contributed by atoms with Gasteiger partial charge in [0.05, 0.1) is 26.4 Å². The van der Waals surface area contributed by atoms with E-state index in [1.807, 2.05) is 13.8 Å². The molecule has 0 unspecified atom stereocenters. The van der Waals surface area contributed by atoms with Gasteiger partial charge in [-0.2, -0.15) is 0 Å². The van der Waals surface area contributed by atoms with Crippen molar-refractivity contribution in [2.24, 2.45) is 0 Å². The molecule has 0 amide bonds. The highest BCUT2D eigenvalue weighted by molar-refractivity contribution is 7.72. The van der Waals surface area contributed by atoms with Gasteiger partial charge in [0, 0.05) is 0 Å². The Morgan fingerprint density at radius 3 is 1.50 bits per heavy atom. The molecule has 0 heterocycles. The molecule has 0 aromatic rings. The molecule has 0 saturated carbocycles. The van der Waals surface area contributed by atoms with Crippen molar-refractivity contribution < 1.29 is 27.2 Å². The van der Waals surface area contributed by atoms with Gasteiger partial charge in [0.25, 0.3) is 0 Å². The first-order valence-corrected chi connectivity index (χ1v) is 11.9. The largest absolute Gasteiger partial charge is 0.345 e. The average Bonchev–Trinajstić information content (AvgIpc) is 2.47. The van der Waals surface area contributed by atoms with Crippen LogP contribution in [0, 0.1) is 0 Å². The quantitative estimate of drug-likeness (QED) is 0.208. The van der Waals surface area contributed by atoms with Crippen LogP contribution in [0.25, 0.3) is 0 Å². The normalized spacial score (nSPS) is 12.6. The van der Waals surface area contributed by atoms with Gasteiger partial charge < -0.3 is 18.1 Å². The van der Waals surface area contributed by atoms with Gasteiger partial charge in [0.2, 0.25) is 0 Å². The monoisotopic (exact) mass is 384 g/mol. The molecule has 0 aliphatic carbocycles. The Labute approximate surface area is 147 Å². The Bertz CT molecular complexity index is 409. The summed E-state index contributed by atoms with van der Waals surface area (Å²) in [6, 6.07) is 0. The van der Waals surface area contributed by atoms with Crippen LogP contribution in [-0.4, -0.2) is 31.8 Å². The second kappa shape index (κ2) is 12.4. The van der Waals surface area contributed by atoms with Crippen molar-refractivity contribution in [2.75, 3.05) is 26.4 Å². The lowest BCUT2D eigenvalue weighted by Gasteiger charge is -2.31. The van der Waals surface area contributed by atoms with Crippen LogP contribution in [0.5, 0.6) is 0 Å². The van der Waals surface area contributed by atoms with Crippen molar-refractivity contribution >= 4 is 15.2 Å². The fraction of sp³-hybridized carbons (Fsp3) is 0.875. The van der Waals surface area contributed by atoms with E-state index in [-0.39, 0.29) is 26.4 Å². The SMILES string of the molecule is CCOP(=O)(OCC)C(CCCC=C(C)C)P(=O)(OCC)OCC. The van der Waals surface area contributed by atoms with Crippen LogP contribution in [0.4, 0.5) is 0 Å². The Morgan fingerprint density at radius 1 is 0.833 bits per heavy atom. The molecule has 0 aliphatic rings. The molecule has 0 atom stereocenters. The highest BCUT2D eigenvalue weighted by Gasteiger charge is 2.50. The number of hydrogen-bond donors (Lipinski definition) is 0. The Morgan fingerprint density at radius 2 is 1.21 bits per heavy atom. The van der Waals surface area contributed by atoms with E-state index >= 15 is 0 Å². The Hall–Kier alpha value is 0.0400. The van der Waals surface area contributed by atoms with Crippen LogP contribution in [-0.2, 0) is 27.2 Å². The molecule has 0 aliphatic heterocycles. The summed E-state index contributed by atoms with van der Waals surface area (Å²) in [5.41, 5.74) is 1.21. The molecule has 6 nitrogen and oxygen atoms in total. The van der Waals surface area contributed by atoms with Crippen LogP contribution >= 0.6 is 15.2 Å². The molecular formula is C16H34O6P2. The topological polar surface area (TPSA) is 71.1 Å². The molecule has 0 bridgehead atoms. The van der Waals surface area contributed by atoms with Crippen LogP contribution < -0.4 is 0 Å². The van der Waals surface area contributed by atoms with Crippen molar-refractivity contribution in [3.63, 3.8) is 0 Å². The summed E-state index contributed by atoms with van der Waals surface area (Å²) in [4.78, 5) is 0. The highest BCUT2D eigenvalue weighted by Crippen LogP contribution is 2.71. The van der Waals surface area contributed by atoms with E-state index in [1.54, 1.807) is 27.7 Å². The molecule has 0 radical (unpaired) electrons. The van der Waals surface area contributed by atoms with Gasteiger partial charge in [0.1, 0.15) is 0 Å². The van der Waals surface area contributed by atoms with Crippen molar-refractivity contribution in [2.45, 2.75) is 66.2 Å². The molecule has 8 heteroatoms. The van der Waals surface area contributed by atoms with Crippen molar-refractivity contribution in [1.82, 2.24) is 0 Å². The predicted molar refractivity (Wildman–Crippen MR) is 98.8 cm³/mol. The Balaban J connectivity index is 5.56. The smallest absolute Gasteiger partial charge is 0.308 e. The maximum atomic E-state index is 13.2. The number of rotatable bonds is 14. The number of unbranched alkanes of at least 4 members (excludes halogenated alkanes) is 1. The maximum absolute atomic E-state index is 13.2. The maximum Gasteiger partial charge on any atom is 0.345 e. The minimum atomic E-state index is -3.61. The highest BCUT2D eigenvalue weighted by atomic mass is 31.2. The lowest BCUT2D eigenvalue weighted by Crippen LogP contribution is -2.18. The Kier molecular flexibility index (Phi) is 12.4. The van der Waals surface area contributed by atoms with Crippen LogP contribution in [0.2, 0.25) is 0 Å². The van der Waals surface area contributed by atoms with E-state index in [0.29, 0.717) is 12.8 Å². The van der Waals surface area contributed by atoms with Gasteiger partial charge >= 0.3 is 15.2 Å². The minimum Gasteiger partial charge on any atom is -0.308 e. The fourth-order valence-corrected chi connectivity index (χ4v) is 7.78. The molecule has 144 valence electrons. The summed E-state index contributed by atoms with van der Waals surface area (Å²) in [6.45, 7) is 11.8. The fourth-order valence-electron chi connectivity index (χ4n) is 2.32. The zero-order chi connectivity index (χ0) is 18.6. The summed E-state index contributed by atoms with van der Waals surface area (Å²) >= 11 is 0. The first-order valence-electron chi connectivity index (χ1n) is 8.70. The van der Waals surface area contributed by atoms with Crippen LogP contribution in [0.3, 0.4) is 0 Å². The van der Waals surface area contributed by atoms with Gasteiger partial charge in [-0.05, 0) is 60.8 Å². The second-order valence-electron chi connectivity index (χ2n) is 5.44. The van der Waals surface area contributed by atoms with Gasteiger partial charge in [-0.25, -0.2) is 0 Å². The van der Waals surface area contributed by atoms with E-state index in [9.17, 15) is 9.13 Å². The summed E-state index contributed by atoms with van der Waals surface area (Å²) < 4.78 is 48.2. The third kappa shape index (κ3) is 7.95. The molecule has 24 heavy (non-hydrogen) atoms.